The lowest BCUT2D eigenvalue weighted by Crippen LogP contribution is -2.54. The van der Waals surface area contributed by atoms with Crippen LogP contribution < -0.4 is 4.90 Å². The number of aryl methyl sites for hydroxylation is 1. The summed E-state index contributed by atoms with van der Waals surface area (Å²) in [6.45, 7) is 4.05. The number of nitriles is 1. The summed E-state index contributed by atoms with van der Waals surface area (Å²) in [5, 5.41) is 13.6. The maximum atomic E-state index is 12.4. The molecule has 0 aromatic carbocycles. The quantitative estimate of drug-likeness (QED) is 0.825. The van der Waals surface area contributed by atoms with Crippen LogP contribution in [0.4, 0.5) is 5.82 Å². The highest BCUT2D eigenvalue weighted by Crippen LogP contribution is 2.33. The molecule has 1 aliphatic carbocycles. The van der Waals surface area contributed by atoms with Crippen molar-refractivity contribution in [3.05, 3.63) is 24.2 Å². The van der Waals surface area contributed by atoms with Crippen LogP contribution in [0.3, 0.4) is 0 Å². The van der Waals surface area contributed by atoms with Crippen LogP contribution in [0, 0.1) is 17.2 Å². The standard InChI is InChI=1S/C18H21N7O/c1-12-10-24(5-6-25(12)18(26)13-3-4-13)17-14(7-19)8-20-16(22-17)15-9-21-23(2)11-15/h8-9,11-13H,3-6,10H2,1-2H3. The van der Waals surface area contributed by atoms with E-state index in [4.69, 9.17) is 0 Å². The van der Waals surface area contributed by atoms with E-state index >= 15 is 0 Å². The number of rotatable bonds is 3. The third-order valence-electron chi connectivity index (χ3n) is 4.99. The van der Waals surface area contributed by atoms with Crippen LogP contribution >= 0.6 is 0 Å². The van der Waals surface area contributed by atoms with Crippen molar-refractivity contribution in [2.45, 2.75) is 25.8 Å². The second kappa shape index (κ2) is 6.41. The molecule has 1 unspecified atom stereocenters. The molecule has 26 heavy (non-hydrogen) atoms. The molecule has 1 saturated heterocycles. The minimum atomic E-state index is 0.0974. The van der Waals surface area contributed by atoms with E-state index in [-0.39, 0.29) is 17.9 Å². The molecule has 1 amide bonds. The predicted molar refractivity (Wildman–Crippen MR) is 95.1 cm³/mol. The lowest BCUT2D eigenvalue weighted by molar-refractivity contribution is -0.134. The average Bonchev–Trinajstić information content (AvgIpc) is 3.41. The summed E-state index contributed by atoms with van der Waals surface area (Å²) in [5.74, 6) is 1.69. The number of carbonyl (C=O) groups excluding carboxylic acids is 1. The lowest BCUT2D eigenvalue weighted by atomic mass is 10.1. The Morgan fingerprint density at radius 3 is 2.73 bits per heavy atom. The molecule has 2 aliphatic rings. The first-order valence-corrected chi connectivity index (χ1v) is 8.88. The van der Waals surface area contributed by atoms with Crippen molar-refractivity contribution in [3.8, 4) is 17.5 Å². The molecule has 2 fully saturated rings. The highest BCUT2D eigenvalue weighted by atomic mass is 16.2. The third kappa shape index (κ3) is 3.01. The molecule has 4 rings (SSSR count). The first kappa shape index (κ1) is 16.5. The van der Waals surface area contributed by atoms with Gasteiger partial charge in [-0.3, -0.25) is 9.48 Å². The summed E-state index contributed by atoms with van der Waals surface area (Å²) in [6.07, 6.45) is 7.16. The van der Waals surface area contributed by atoms with Gasteiger partial charge in [0.25, 0.3) is 0 Å². The summed E-state index contributed by atoms with van der Waals surface area (Å²) >= 11 is 0. The van der Waals surface area contributed by atoms with Crippen LogP contribution in [0.5, 0.6) is 0 Å². The number of amides is 1. The van der Waals surface area contributed by atoms with E-state index in [9.17, 15) is 10.1 Å². The highest BCUT2D eigenvalue weighted by Gasteiger charge is 2.37. The van der Waals surface area contributed by atoms with Gasteiger partial charge < -0.3 is 9.80 Å². The maximum absolute atomic E-state index is 12.4. The molecule has 1 aliphatic heterocycles. The van der Waals surface area contributed by atoms with Crippen LogP contribution in [0.2, 0.25) is 0 Å². The van der Waals surface area contributed by atoms with Crippen LogP contribution in [0.25, 0.3) is 11.4 Å². The van der Waals surface area contributed by atoms with E-state index in [1.807, 2.05) is 18.1 Å². The van der Waals surface area contributed by atoms with E-state index in [1.54, 1.807) is 17.1 Å². The van der Waals surface area contributed by atoms with Crippen molar-refractivity contribution < 1.29 is 4.79 Å². The first-order valence-electron chi connectivity index (χ1n) is 8.88. The number of anilines is 1. The van der Waals surface area contributed by atoms with Crippen LogP contribution in [0.15, 0.2) is 18.6 Å². The normalized spacial score (nSPS) is 20.1. The zero-order valence-corrected chi connectivity index (χ0v) is 15.0. The Balaban J connectivity index is 1.58. The Bertz CT molecular complexity index is 880. The van der Waals surface area contributed by atoms with Crippen molar-refractivity contribution in [1.82, 2.24) is 24.6 Å². The molecule has 1 saturated carbocycles. The predicted octanol–water partition coefficient (Wildman–Crippen LogP) is 1.20. The summed E-state index contributed by atoms with van der Waals surface area (Å²) in [4.78, 5) is 25.4. The number of hydrogen-bond acceptors (Lipinski definition) is 6. The molecular weight excluding hydrogens is 330 g/mol. The van der Waals surface area contributed by atoms with E-state index in [2.05, 4.69) is 33.0 Å². The van der Waals surface area contributed by atoms with Gasteiger partial charge in [0.05, 0.1) is 18.0 Å². The van der Waals surface area contributed by atoms with E-state index in [1.165, 1.54) is 0 Å². The van der Waals surface area contributed by atoms with Gasteiger partial charge in [0.15, 0.2) is 11.6 Å². The highest BCUT2D eigenvalue weighted by molar-refractivity contribution is 5.81. The Labute approximate surface area is 152 Å². The Hall–Kier alpha value is -2.95. The lowest BCUT2D eigenvalue weighted by Gasteiger charge is -2.40. The summed E-state index contributed by atoms with van der Waals surface area (Å²) in [7, 11) is 1.84. The van der Waals surface area contributed by atoms with Gasteiger partial charge in [0, 0.05) is 44.8 Å². The first-order chi connectivity index (χ1) is 12.6. The smallest absolute Gasteiger partial charge is 0.226 e. The van der Waals surface area contributed by atoms with Crippen LogP contribution in [-0.2, 0) is 11.8 Å². The molecule has 0 N–H and O–H groups in total. The minimum absolute atomic E-state index is 0.0974. The molecule has 0 radical (unpaired) electrons. The molecule has 3 heterocycles. The van der Waals surface area contributed by atoms with Gasteiger partial charge >= 0.3 is 0 Å². The van der Waals surface area contributed by atoms with Crippen molar-refractivity contribution in [2.75, 3.05) is 24.5 Å². The largest absolute Gasteiger partial charge is 0.352 e. The Morgan fingerprint density at radius 2 is 2.12 bits per heavy atom. The SMILES string of the molecule is CC1CN(c2nc(-c3cnn(C)c3)ncc2C#N)CCN1C(=O)C1CC1. The van der Waals surface area contributed by atoms with Gasteiger partial charge in [-0.25, -0.2) is 9.97 Å². The van der Waals surface area contributed by atoms with E-state index in [0.29, 0.717) is 36.8 Å². The summed E-state index contributed by atoms with van der Waals surface area (Å²) in [5.41, 5.74) is 1.26. The van der Waals surface area contributed by atoms with Crippen molar-refractivity contribution in [3.63, 3.8) is 0 Å². The Kier molecular flexibility index (Phi) is 4.07. The minimum Gasteiger partial charge on any atom is -0.352 e. The van der Waals surface area contributed by atoms with Crippen molar-refractivity contribution in [1.29, 1.82) is 5.26 Å². The number of piperazine rings is 1. The number of nitrogens with zero attached hydrogens (tertiary/aromatic N) is 7. The van der Waals surface area contributed by atoms with Gasteiger partial charge in [0.1, 0.15) is 11.6 Å². The fourth-order valence-corrected chi connectivity index (χ4v) is 3.41. The van der Waals surface area contributed by atoms with Crippen LogP contribution in [-0.4, -0.2) is 56.2 Å². The van der Waals surface area contributed by atoms with Crippen molar-refractivity contribution in [2.24, 2.45) is 13.0 Å². The molecular formula is C18H21N7O. The molecule has 8 heteroatoms. The van der Waals surface area contributed by atoms with Gasteiger partial charge in [0.2, 0.25) is 5.91 Å². The van der Waals surface area contributed by atoms with Gasteiger partial charge in [-0.15, -0.1) is 0 Å². The summed E-state index contributed by atoms with van der Waals surface area (Å²) in [6, 6.07) is 2.28. The molecule has 0 bridgehead atoms. The zero-order chi connectivity index (χ0) is 18.3. The molecule has 134 valence electrons. The monoisotopic (exact) mass is 351 g/mol. The third-order valence-corrected chi connectivity index (χ3v) is 4.99. The second-order valence-corrected chi connectivity index (χ2v) is 7.05. The Morgan fingerprint density at radius 1 is 1.31 bits per heavy atom. The molecule has 2 aromatic rings. The van der Waals surface area contributed by atoms with Crippen molar-refractivity contribution >= 4 is 11.7 Å². The maximum Gasteiger partial charge on any atom is 0.226 e. The topological polar surface area (TPSA) is 90.9 Å². The number of hydrogen-bond donors (Lipinski definition) is 0. The summed E-state index contributed by atoms with van der Waals surface area (Å²) < 4.78 is 1.70. The molecule has 1 atom stereocenters. The molecule has 8 nitrogen and oxygen atoms in total. The molecule has 0 spiro atoms. The average molecular weight is 351 g/mol. The van der Waals surface area contributed by atoms with E-state index < -0.39 is 0 Å². The molecule has 2 aromatic heterocycles. The van der Waals surface area contributed by atoms with E-state index in [0.717, 1.165) is 18.4 Å². The fourth-order valence-electron chi connectivity index (χ4n) is 3.41. The zero-order valence-electron chi connectivity index (χ0n) is 15.0. The number of aromatic nitrogens is 4. The number of carbonyl (C=O) groups is 1. The van der Waals surface area contributed by atoms with Crippen LogP contribution in [0.1, 0.15) is 25.3 Å². The van der Waals surface area contributed by atoms with Gasteiger partial charge in [-0.05, 0) is 19.8 Å². The van der Waals surface area contributed by atoms with Gasteiger partial charge in [-0.1, -0.05) is 0 Å². The fraction of sp³-hybridized carbons (Fsp3) is 0.500. The van der Waals surface area contributed by atoms with Gasteiger partial charge in [-0.2, -0.15) is 10.4 Å². The second-order valence-electron chi connectivity index (χ2n) is 7.05.